The molecule has 0 bridgehead atoms. The lowest BCUT2D eigenvalue weighted by molar-refractivity contribution is -0.116. The quantitative estimate of drug-likeness (QED) is 0.193. The highest BCUT2D eigenvalue weighted by atomic mass is 35.5. The number of carbonyl (C=O) groups excluding carboxylic acids is 1. The average molecular weight is 654 g/mol. The number of aromatic nitrogens is 1. The van der Waals surface area contributed by atoms with Crippen molar-refractivity contribution in [1.29, 1.82) is 0 Å². The maximum Gasteiger partial charge on any atom is 0.247 e. The van der Waals surface area contributed by atoms with Crippen molar-refractivity contribution in [3.8, 4) is 0 Å². The fourth-order valence-corrected chi connectivity index (χ4v) is 7.59. The average Bonchev–Trinajstić information content (AvgIpc) is 3.02. The number of sulfonamides is 1. The van der Waals surface area contributed by atoms with Crippen LogP contribution in [0, 0.1) is 11.6 Å². The fraction of sp³-hybridized carbons (Fsp3) is 0.273. The molecule has 0 radical (unpaired) electrons. The predicted molar refractivity (Wildman–Crippen MR) is 172 cm³/mol. The van der Waals surface area contributed by atoms with E-state index in [2.05, 4.69) is 20.9 Å². The molecular formula is C33H34ClF2N5O3S. The zero-order valence-electron chi connectivity index (χ0n) is 24.6. The fourth-order valence-electron chi connectivity index (χ4n) is 5.60. The monoisotopic (exact) mass is 653 g/mol. The molecule has 1 aromatic heterocycles. The molecule has 236 valence electrons. The van der Waals surface area contributed by atoms with E-state index in [1.165, 1.54) is 16.6 Å². The molecule has 0 spiro atoms. The summed E-state index contributed by atoms with van der Waals surface area (Å²) in [7, 11) is -3.80. The molecule has 8 nitrogen and oxygen atoms in total. The summed E-state index contributed by atoms with van der Waals surface area (Å²) in [6, 6.07) is 19.4. The molecule has 0 saturated carbocycles. The van der Waals surface area contributed by atoms with E-state index in [9.17, 15) is 17.6 Å². The van der Waals surface area contributed by atoms with E-state index < -0.39 is 39.6 Å². The van der Waals surface area contributed by atoms with E-state index in [-0.39, 0.29) is 29.5 Å². The maximum absolute atomic E-state index is 15.4. The maximum atomic E-state index is 15.4. The highest BCUT2D eigenvalue weighted by Gasteiger charge is 2.37. The third-order valence-electron chi connectivity index (χ3n) is 7.75. The van der Waals surface area contributed by atoms with Crippen molar-refractivity contribution in [2.75, 3.05) is 23.7 Å². The van der Waals surface area contributed by atoms with Crippen LogP contribution < -0.4 is 16.0 Å². The highest BCUT2D eigenvalue weighted by Crippen LogP contribution is 2.28. The van der Waals surface area contributed by atoms with Gasteiger partial charge in [0.15, 0.2) is 0 Å². The standard InChI is InChI=1S/C33H34ClF2N5O3S/c1-22-18-37-21-27(41(22)45(43,44)28-6-3-2-4-7-28)14-15-29-30(36)8-5-9-31(29)40-32(16-23-10-12-24(34)13-11-23)33(42)39-26-17-25(35)19-38-20-26/h2-13,17,19-20,22,27,32,37,40H,14-16,18,21H2,1H3,(H,39,42)/t22-,27-,32-/m0/s1. The zero-order valence-corrected chi connectivity index (χ0v) is 26.2. The number of piperazine rings is 1. The van der Waals surface area contributed by atoms with Gasteiger partial charge in [0.2, 0.25) is 15.9 Å². The van der Waals surface area contributed by atoms with Crippen LogP contribution in [0.1, 0.15) is 24.5 Å². The molecule has 2 heterocycles. The van der Waals surface area contributed by atoms with Gasteiger partial charge in [0.25, 0.3) is 0 Å². The van der Waals surface area contributed by atoms with Gasteiger partial charge in [-0.1, -0.05) is 48.0 Å². The normalized spacial score (nSPS) is 17.9. The van der Waals surface area contributed by atoms with Crippen LogP contribution in [0.2, 0.25) is 5.02 Å². The first kappa shape index (κ1) is 32.5. The third kappa shape index (κ3) is 8.04. The number of nitrogens with one attached hydrogen (secondary N) is 3. The van der Waals surface area contributed by atoms with Gasteiger partial charge in [0.05, 0.1) is 23.0 Å². The Labute approximate surface area is 266 Å². The lowest BCUT2D eigenvalue weighted by Gasteiger charge is -2.40. The molecule has 0 aliphatic carbocycles. The van der Waals surface area contributed by atoms with Crippen LogP contribution in [0.4, 0.5) is 20.2 Å². The molecule has 12 heteroatoms. The molecule has 1 fully saturated rings. The molecule has 1 aliphatic rings. The van der Waals surface area contributed by atoms with Crippen LogP contribution >= 0.6 is 11.6 Å². The number of rotatable bonds is 11. The number of pyridine rings is 1. The second-order valence-corrected chi connectivity index (χ2v) is 13.3. The summed E-state index contributed by atoms with van der Waals surface area (Å²) in [5.41, 5.74) is 1.71. The van der Waals surface area contributed by atoms with Crippen molar-refractivity contribution in [3.63, 3.8) is 0 Å². The lowest BCUT2D eigenvalue weighted by atomic mass is 9.99. The summed E-state index contributed by atoms with van der Waals surface area (Å²) in [5, 5.41) is 9.74. The van der Waals surface area contributed by atoms with Crippen LogP contribution in [0.25, 0.3) is 0 Å². The minimum absolute atomic E-state index is 0.181. The van der Waals surface area contributed by atoms with Gasteiger partial charge >= 0.3 is 0 Å². The first-order valence-electron chi connectivity index (χ1n) is 14.6. The lowest BCUT2D eigenvalue weighted by Crippen LogP contribution is -2.58. The highest BCUT2D eigenvalue weighted by molar-refractivity contribution is 7.89. The van der Waals surface area contributed by atoms with Gasteiger partial charge < -0.3 is 16.0 Å². The minimum atomic E-state index is -3.80. The number of hydrogen-bond acceptors (Lipinski definition) is 6. The van der Waals surface area contributed by atoms with Crippen molar-refractivity contribution in [2.45, 2.75) is 49.2 Å². The Bertz CT molecular complexity index is 1730. The summed E-state index contributed by atoms with van der Waals surface area (Å²) >= 11 is 6.06. The van der Waals surface area contributed by atoms with Crippen molar-refractivity contribution in [1.82, 2.24) is 14.6 Å². The van der Waals surface area contributed by atoms with Crippen molar-refractivity contribution >= 4 is 38.9 Å². The number of anilines is 2. The van der Waals surface area contributed by atoms with Crippen LogP contribution in [-0.4, -0.2) is 54.8 Å². The Morgan fingerprint density at radius 3 is 2.53 bits per heavy atom. The second-order valence-electron chi connectivity index (χ2n) is 11.0. The van der Waals surface area contributed by atoms with Crippen LogP contribution in [-0.2, 0) is 27.7 Å². The second kappa shape index (κ2) is 14.5. The van der Waals surface area contributed by atoms with Crippen LogP contribution in [0.15, 0.2) is 96.2 Å². The van der Waals surface area contributed by atoms with Gasteiger partial charge in [0, 0.05) is 53.9 Å². The first-order valence-corrected chi connectivity index (χ1v) is 16.4. The van der Waals surface area contributed by atoms with E-state index in [0.717, 1.165) is 17.8 Å². The molecule has 45 heavy (non-hydrogen) atoms. The number of amides is 1. The molecule has 3 atom stereocenters. The van der Waals surface area contributed by atoms with Gasteiger partial charge in [-0.05, 0) is 61.7 Å². The van der Waals surface area contributed by atoms with E-state index >= 15 is 4.39 Å². The Kier molecular flexibility index (Phi) is 10.4. The number of nitrogens with zero attached hydrogens (tertiary/aromatic N) is 2. The molecule has 4 aromatic rings. The Morgan fingerprint density at radius 2 is 1.80 bits per heavy atom. The summed E-state index contributed by atoms with van der Waals surface area (Å²) < 4.78 is 58.1. The Morgan fingerprint density at radius 1 is 1.04 bits per heavy atom. The minimum Gasteiger partial charge on any atom is -0.373 e. The molecule has 3 aromatic carbocycles. The Balaban J connectivity index is 1.39. The Hall–Kier alpha value is -3.90. The molecular weight excluding hydrogens is 620 g/mol. The van der Waals surface area contributed by atoms with Crippen LogP contribution in [0.5, 0.6) is 0 Å². The molecule has 5 rings (SSSR count). The molecule has 0 unspecified atom stereocenters. The van der Waals surface area contributed by atoms with Crippen molar-refractivity contribution in [2.24, 2.45) is 0 Å². The number of benzene rings is 3. The molecule has 1 aliphatic heterocycles. The molecule has 1 saturated heterocycles. The van der Waals surface area contributed by atoms with E-state index in [1.54, 1.807) is 66.7 Å². The summed E-state index contributed by atoms with van der Waals surface area (Å²) in [6.45, 7) is 2.76. The smallest absolute Gasteiger partial charge is 0.247 e. The first-order chi connectivity index (χ1) is 21.6. The number of halogens is 3. The van der Waals surface area contributed by atoms with E-state index in [0.29, 0.717) is 35.8 Å². The summed E-state index contributed by atoms with van der Waals surface area (Å²) in [5.74, 6) is -1.55. The van der Waals surface area contributed by atoms with Crippen molar-refractivity contribution in [3.05, 3.63) is 119 Å². The van der Waals surface area contributed by atoms with Gasteiger partial charge in [-0.25, -0.2) is 17.2 Å². The molecule has 1 amide bonds. The SMILES string of the molecule is C[C@H]1CNC[C@H](CCc2c(F)cccc2N[C@@H](Cc2ccc(Cl)cc2)C(=O)Nc2cncc(F)c2)N1S(=O)(=O)c1ccccc1. The van der Waals surface area contributed by atoms with Gasteiger partial charge in [-0.3, -0.25) is 9.78 Å². The predicted octanol–water partition coefficient (Wildman–Crippen LogP) is 5.66. The van der Waals surface area contributed by atoms with Crippen molar-refractivity contribution < 1.29 is 22.0 Å². The molecule has 3 N–H and O–H groups in total. The summed E-state index contributed by atoms with van der Waals surface area (Å²) in [6.07, 6.45) is 3.13. The number of carbonyl (C=O) groups is 1. The van der Waals surface area contributed by atoms with E-state index in [4.69, 9.17) is 11.6 Å². The van der Waals surface area contributed by atoms with Crippen LogP contribution in [0.3, 0.4) is 0 Å². The van der Waals surface area contributed by atoms with Gasteiger partial charge in [-0.2, -0.15) is 4.31 Å². The third-order valence-corrected chi connectivity index (χ3v) is 10.1. The zero-order chi connectivity index (χ0) is 32.0. The number of hydrogen-bond donors (Lipinski definition) is 3. The summed E-state index contributed by atoms with van der Waals surface area (Å²) in [4.78, 5) is 17.5. The topological polar surface area (TPSA) is 103 Å². The van der Waals surface area contributed by atoms with Gasteiger partial charge in [0.1, 0.15) is 17.7 Å². The largest absolute Gasteiger partial charge is 0.373 e. The van der Waals surface area contributed by atoms with E-state index in [1.807, 2.05) is 6.92 Å². The van der Waals surface area contributed by atoms with Gasteiger partial charge in [-0.15, -0.1) is 0 Å².